The fourth-order valence-electron chi connectivity index (χ4n) is 1.88. The molecule has 0 amide bonds. The Hall–Kier alpha value is -3.23. The number of rotatable bonds is 4. The Morgan fingerprint density at radius 1 is 1.38 bits per heavy atom. The molecule has 0 unspecified atom stereocenters. The second kappa shape index (κ2) is 5.04. The van der Waals surface area contributed by atoms with E-state index in [1.54, 1.807) is 18.2 Å². The van der Waals surface area contributed by atoms with E-state index < -0.39 is 4.92 Å². The van der Waals surface area contributed by atoms with E-state index in [0.717, 1.165) is 5.56 Å². The van der Waals surface area contributed by atoms with Crippen LogP contribution in [0.25, 0.3) is 5.65 Å². The van der Waals surface area contributed by atoms with Crippen molar-refractivity contribution in [1.29, 1.82) is 0 Å². The number of H-pyrrole nitrogens is 1. The summed E-state index contributed by atoms with van der Waals surface area (Å²) in [4.78, 5) is 25.6. The van der Waals surface area contributed by atoms with Crippen LogP contribution in [-0.4, -0.2) is 24.5 Å². The van der Waals surface area contributed by atoms with E-state index in [4.69, 9.17) is 0 Å². The minimum absolute atomic E-state index is 0.0385. The predicted octanol–water partition coefficient (Wildman–Crippen LogP) is 0.938. The van der Waals surface area contributed by atoms with E-state index in [1.807, 2.05) is 0 Å². The maximum absolute atomic E-state index is 11.3. The van der Waals surface area contributed by atoms with Gasteiger partial charge in [-0.15, -0.1) is 0 Å². The Kier molecular flexibility index (Phi) is 3.07. The maximum atomic E-state index is 11.3. The van der Waals surface area contributed by atoms with Crippen molar-refractivity contribution in [2.24, 2.45) is 0 Å². The summed E-state index contributed by atoms with van der Waals surface area (Å²) in [6, 6.07) is 7.93. The maximum Gasteiger partial charge on any atom is 0.348 e. The van der Waals surface area contributed by atoms with Gasteiger partial charge < -0.3 is 5.32 Å². The zero-order chi connectivity index (χ0) is 14.8. The summed E-state index contributed by atoms with van der Waals surface area (Å²) < 4.78 is 1.28. The van der Waals surface area contributed by atoms with Crippen molar-refractivity contribution in [2.75, 3.05) is 5.32 Å². The minimum atomic E-state index is -0.441. The third-order valence-corrected chi connectivity index (χ3v) is 2.90. The van der Waals surface area contributed by atoms with Crippen LogP contribution in [0.5, 0.6) is 0 Å². The first kappa shape index (κ1) is 12.8. The molecule has 1 aromatic carbocycles. The molecule has 2 heterocycles. The standard InChI is InChI=1S/C12H10N6O3/c19-12-16-15-11-5-10(14-7-17(11)12)13-6-8-2-1-3-9(4-8)18(20)21/h1-5,7,13H,6H2,(H,16,19). The Morgan fingerprint density at radius 3 is 3.05 bits per heavy atom. The molecule has 0 saturated carbocycles. The number of anilines is 1. The Morgan fingerprint density at radius 2 is 2.24 bits per heavy atom. The molecule has 0 radical (unpaired) electrons. The molecule has 106 valence electrons. The van der Waals surface area contributed by atoms with Crippen molar-refractivity contribution in [3.05, 3.63) is 62.8 Å². The molecule has 0 bridgehead atoms. The van der Waals surface area contributed by atoms with E-state index in [0.29, 0.717) is 18.0 Å². The molecule has 0 fully saturated rings. The number of hydrogen-bond donors (Lipinski definition) is 2. The van der Waals surface area contributed by atoms with Crippen LogP contribution in [0.3, 0.4) is 0 Å². The van der Waals surface area contributed by atoms with Gasteiger partial charge in [0.1, 0.15) is 12.1 Å². The summed E-state index contributed by atoms with van der Waals surface area (Å²) in [5, 5.41) is 19.9. The lowest BCUT2D eigenvalue weighted by atomic mass is 10.2. The number of fused-ring (bicyclic) bond motifs is 1. The number of nitro benzene ring substituents is 1. The van der Waals surface area contributed by atoms with Crippen molar-refractivity contribution >= 4 is 17.2 Å². The van der Waals surface area contributed by atoms with Crippen LogP contribution in [0.15, 0.2) is 41.5 Å². The van der Waals surface area contributed by atoms with Gasteiger partial charge in [-0.2, -0.15) is 5.10 Å². The number of aromatic amines is 1. The number of nitro groups is 1. The van der Waals surface area contributed by atoms with Gasteiger partial charge in [0.25, 0.3) is 5.69 Å². The summed E-state index contributed by atoms with van der Waals surface area (Å²) in [6.07, 6.45) is 1.36. The molecular formula is C12H10N6O3. The van der Waals surface area contributed by atoms with Crippen LogP contribution in [0.2, 0.25) is 0 Å². The highest BCUT2D eigenvalue weighted by atomic mass is 16.6. The monoisotopic (exact) mass is 286 g/mol. The quantitative estimate of drug-likeness (QED) is 0.544. The Bertz CT molecular complexity index is 869. The third kappa shape index (κ3) is 2.56. The first-order valence-electron chi connectivity index (χ1n) is 6.03. The van der Waals surface area contributed by atoms with Crippen molar-refractivity contribution in [3.8, 4) is 0 Å². The topological polar surface area (TPSA) is 118 Å². The minimum Gasteiger partial charge on any atom is -0.366 e. The lowest BCUT2D eigenvalue weighted by Gasteiger charge is -2.05. The fraction of sp³-hybridized carbons (Fsp3) is 0.0833. The zero-order valence-corrected chi connectivity index (χ0v) is 10.7. The molecule has 3 aromatic rings. The number of aromatic nitrogens is 4. The zero-order valence-electron chi connectivity index (χ0n) is 10.7. The summed E-state index contributed by atoms with van der Waals surface area (Å²) in [5.41, 5.74) is 0.876. The Balaban J connectivity index is 1.78. The number of nitrogens with one attached hydrogen (secondary N) is 2. The largest absolute Gasteiger partial charge is 0.366 e. The van der Waals surface area contributed by atoms with Crippen LogP contribution in [0, 0.1) is 10.1 Å². The summed E-state index contributed by atoms with van der Waals surface area (Å²) in [6.45, 7) is 0.375. The van der Waals surface area contributed by atoms with Gasteiger partial charge in [-0.1, -0.05) is 12.1 Å². The van der Waals surface area contributed by atoms with Crippen molar-refractivity contribution in [2.45, 2.75) is 6.54 Å². The van der Waals surface area contributed by atoms with Gasteiger partial charge in [-0.05, 0) is 5.56 Å². The van der Waals surface area contributed by atoms with Gasteiger partial charge in [-0.3, -0.25) is 10.1 Å². The first-order valence-corrected chi connectivity index (χ1v) is 6.03. The number of benzene rings is 1. The summed E-state index contributed by atoms with van der Waals surface area (Å²) >= 11 is 0. The molecular weight excluding hydrogens is 276 g/mol. The fourth-order valence-corrected chi connectivity index (χ4v) is 1.88. The molecule has 9 heteroatoms. The number of nitrogens with zero attached hydrogens (tertiary/aromatic N) is 4. The van der Waals surface area contributed by atoms with Gasteiger partial charge >= 0.3 is 5.69 Å². The van der Waals surface area contributed by atoms with E-state index in [1.165, 1.54) is 22.9 Å². The number of hydrogen-bond acceptors (Lipinski definition) is 6. The van der Waals surface area contributed by atoms with Crippen LogP contribution in [0.1, 0.15) is 5.56 Å². The molecule has 0 spiro atoms. The Labute approximate surface area is 117 Å². The molecule has 0 aliphatic heterocycles. The molecule has 3 rings (SSSR count). The molecule has 9 nitrogen and oxygen atoms in total. The highest BCUT2D eigenvalue weighted by Crippen LogP contribution is 2.14. The van der Waals surface area contributed by atoms with Gasteiger partial charge in [0.2, 0.25) is 0 Å². The predicted molar refractivity (Wildman–Crippen MR) is 74.0 cm³/mol. The second-order valence-electron chi connectivity index (χ2n) is 4.31. The highest BCUT2D eigenvalue weighted by Gasteiger charge is 2.06. The van der Waals surface area contributed by atoms with Gasteiger partial charge in [0.05, 0.1) is 4.92 Å². The van der Waals surface area contributed by atoms with E-state index in [-0.39, 0.29) is 11.4 Å². The molecule has 0 aliphatic carbocycles. The van der Waals surface area contributed by atoms with Crippen LogP contribution >= 0.6 is 0 Å². The van der Waals surface area contributed by atoms with E-state index in [2.05, 4.69) is 20.5 Å². The average Bonchev–Trinajstić information content (AvgIpc) is 2.86. The van der Waals surface area contributed by atoms with E-state index >= 15 is 0 Å². The van der Waals surface area contributed by atoms with Crippen LogP contribution in [-0.2, 0) is 6.54 Å². The van der Waals surface area contributed by atoms with Crippen LogP contribution in [0.4, 0.5) is 11.5 Å². The van der Waals surface area contributed by atoms with Gasteiger partial charge in [-0.25, -0.2) is 19.3 Å². The number of non-ortho nitro benzene ring substituents is 1. The van der Waals surface area contributed by atoms with Crippen LogP contribution < -0.4 is 11.0 Å². The third-order valence-electron chi connectivity index (χ3n) is 2.90. The van der Waals surface area contributed by atoms with E-state index in [9.17, 15) is 14.9 Å². The normalized spacial score (nSPS) is 10.7. The molecule has 0 aliphatic rings. The molecule has 0 atom stereocenters. The van der Waals surface area contributed by atoms with Crippen molar-refractivity contribution in [3.63, 3.8) is 0 Å². The second-order valence-corrected chi connectivity index (χ2v) is 4.31. The lowest BCUT2D eigenvalue weighted by molar-refractivity contribution is -0.384. The highest BCUT2D eigenvalue weighted by molar-refractivity contribution is 5.48. The van der Waals surface area contributed by atoms with Gasteiger partial charge in [0.15, 0.2) is 5.65 Å². The molecule has 0 saturated heterocycles. The SMILES string of the molecule is O=c1[nH]nc2cc(NCc3cccc([N+](=O)[O-])c3)ncn12. The average molecular weight is 286 g/mol. The summed E-state index contributed by atoms with van der Waals surface area (Å²) in [7, 11) is 0. The van der Waals surface area contributed by atoms with Gasteiger partial charge in [0, 0.05) is 24.7 Å². The lowest BCUT2D eigenvalue weighted by Crippen LogP contribution is -2.10. The molecule has 2 N–H and O–H groups in total. The molecule has 2 aromatic heterocycles. The van der Waals surface area contributed by atoms with Crippen molar-refractivity contribution in [1.82, 2.24) is 19.6 Å². The summed E-state index contributed by atoms with van der Waals surface area (Å²) in [5.74, 6) is 0.521. The smallest absolute Gasteiger partial charge is 0.348 e. The van der Waals surface area contributed by atoms with Crippen molar-refractivity contribution < 1.29 is 4.92 Å². The first-order chi connectivity index (χ1) is 10.1. The molecule has 21 heavy (non-hydrogen) atoms.